The lowest BCUT2D eigenvalue weighted by atomic mass is 9.83. The molecule has 0 bridgehead atoms. The Hall–Kier alpha value is -2.85. The zero-order chi connectivity index (χ0) is 25.5. The van der Waals surface area contributed by atoms with E-state index < -0.39 is 23.5 Å². The first kappa shape index (κ1) is 23.5. The van der Waals surface area contributed by atoms with E-state index in [1.807, 2.05) is 0 Å². The summed E-state index contributed by atoms with van der Waals surface area (Å²) in [5.41, 5.74) is 1.97. The standard InChI is InChI=1S/C26H25ClFN3O5/c1-3-26(35)15-6-19-23-13(9-31(19)24(33)14(15)10-36-25(26)34)21-17(29-8-11(2)32)5-4-12-20(21)18(30-23)7-16(28)22(12)27/h6-7,11,17,29,32,35H,3-5,8-10H2,1-2H3/t11-,17-,26+/m1/s1. The number of aliphatic hydroxyl groups excluding tert-OH is 1. The van der Waals surface area contributed by atoms with Crippen molar-refractivity contribution >= 4 is 28.5 Å². The number of hydrogen-bond acceptors (Lipinski definition) is 7. The van der Waals surface area contributed by atoms with Crippen molar-refractivity contribution in [3.8, 4) is 11.4 Å². The van der Waals surface area contributed by atoms with Gasteiger partial charge in [0.1, 0.15) is 12.4 Å². The number of hydrogen-bond donors (Lipinski definition) is 3. The van der Waals surface area contributed by atoms with Crippen LogP contribution in [0.3, 0.4) is 0 Å². The predicted octanol–water partition coefficient (Wildman–Crippen LogP) is 2.83. The number of carbonyl (C=O) groups excluding carboxylic acids is 1. The second-order valence-corrected chi connectivity index (χ2v) is 10.2. The maximum Gasteiger partial charge on any atom is 0.343 e. The number of aromatic nitrogens is 2. The highest BCUT2D eigenvalue weighted by molar-refractivity contribution is 6.32. The summed E-state index contributed by atoms with van der Waals surface area (Å²) in [6.07, 6.45) is 0.657. The maximum atomic E-state index is 14.8. The molecule has 6 rings (SSSR count). The van der Waals surface area contributed by atoms with E-state index in [-0.39, 0.29) is 47.3 Å². The Morgan fingerprint density at radius 3 is 2.83 bits per heavy atom. The summed E-state index contributed by atoms with van der Waals surface area (Å²) in [6, 6.07) is 2.79. The lowest BCUT2D eigenvalue weighted by Gasteiger charge is -2.31. The Morgan fingerprint density at radius 1 is 1.33 bits per heavy atom. The van der Waals surface area contributed by atoms with Crippen molar-refractivity contribution in [2.75, 3.05) is 6.54 Å². The van der Waals surface area contributed by atoms with Gasteiger partial charge < -0.3 is 24.8 Å². The van der Waals surface area contributed by atoms with Crippen molar-refractivity contribution in [2.45, 2.75) is 64.0 Å². The number of esters is 1. The Labute approximate surface area is 210 Å². The van der Waals surface area contributed by atoms with Gasteiger partial charge in [-0.1, -0.05) is 18.5 Å². The smallest absolute Gasteiger partial charge is 0.343 e. The normalized spacial score (nSPS) is 22.7. The topological polar surface area (TPSA) is 114 Å². The van der Waals surface area contributed by atoms with Crippen molar-refractivity contribution in [3.63, 3.8) is 0 Å². The molecule has 3 aromatic rings. The fourth-order valence-electron chi connectivity index (χ4n) is 5.87. The number of pyridine rings is 2. The van der Waals surface area contributed by atoms with E-state index in [0.717, 1.165) is 16.5 Å². The number of rotatable bonds is 4. The van der Waals surface area contributed by atoms with Crippen molar-refractivity contribution in [3.05, 3.63) is 61.1 Å². The lowest BCUT2D eigenvalue weighted by Crippen LogP contribution is -2.44. The van der Waals surface area contributed by atoms with Crippen molar-refractivity contribution in [2.24, 2.45) is 0 Å². The minimum absolute atomic E-state index is 0.0450. The van der Waals surface area contributed by atoms with Gasteiger partial charge in [-0.05, 0) is 43.4 Å². The van der Waals surface area contributed by atoms with Crippen LogP contribution in [-0.4, -0.2) is 38.4 Å². The predicted molar refractivity (Wildman–Crippen MR) is 130 cm³/mol. The van der Waals surface area contributed by atoms with E-state index in [4.69, 9.17) is 21.3 Å². The van der Waals surface area contributed by atoms with Crippen LogP contribution in [-0.2, 0) is 34.7 Å². The number of cyclic esters (lactones) is 1. The molecule has 0 spiro atoms. The van der Waals surface area contributed by atoms with Gasteiger partial charge in [-0.2, -0.15) is 0 Å². The molecule has 3 N–H and O–H groups in total. The Balaban J connectivity index is 1.64. The molecule has 3 atom stereocenters. The van der Waals surface area contributed by atoms with Gasteiger partial charge >= 0.3 is 5.97 Å². The number of nitrogens with one attached hydrogen (secondary N) is 1. The molecule has 188 valence electrons. The van der Waals surface area contributed by atoms with Gasteiger partial charge in [-0.15, -0.1) is 0 Å². The van der Waals surface area contributed by atoms with Crippen LogP contribution in [0.15, 0.2) is 16.9 Å². The lowest BCUT2D eigenvalue weighted by molar-refractivity contribution is -0.172. The number of benzene rings is 1. The van der Waals surface area contributed by atoms with E-state index in [0.29, 0.717) is 41.9 Å². The number of halogens is 2. The number of ether oxygens (including phenoxy) is 1. The minimum atomic E-state index is -1.93. The molecule has 2 aromatic heterocycles. The molecule has 2 aliphatic heterocycles. The highest BCUT2D eigenvalue weighted by Crippen LogP contribution is 2.46. The third-order valence-corrected chi connectivity index (χ3v) is 8.11. The molecule has 0 saturated heterocycles. The summed E-state index contributed by atoms with van der Waals surface area (Å²) in [5.74, 6) is -1.35. The van der Waals surface area contributed by atoms with E-state index in [2.05, 4.69) is 5.32 Å². The number of aliphatic hydroxyl groups is 2. The van der Waals surface area contributed by atoms with Crippen LogP contribution in [0, 0.1) is 5.82 Å². The first-order valence-corrected chi connectivity index (χ1v) is 12.5. The van der Waals surface area contributed by atoms with Gasteiger partial charge in [0.25, 0.3) is 5.56 Å². The number of fused-ring (bicyclic) bond motifs is 5. The van der Waals surface area contributed by atoms with Crippen LogP contribution in [0.25, 0.3) is 22.3 Å². The molecule has 0 radical (unpaired) electrons. The van der Waals surface area contributed by atoms with Crippen LogP contribution >= 0.6 is 11.6 Å². The van der Waals surface area contributed by atoms with Crippen molar-refractivity contribution in [1.82, 2.24) is 14.9 Å². The molecule has 36 heavy (non-hydrogen) atoms. The maximum absolute atomic E-state index is 14.8. The first-order valence-electron chi connectivity index (χ1n) is 12.1. The molecule has 3 aliphatic rings. The van der Waals surface area contributed by atoms with Crippen LogP contribution in [0.5, 0.6) is 0 Å². The Kier molecular flexibility index (Phi) is 5.28. The van der Waals surface area contributed by atoms with Gasteiger partial charge in [0, 0.05) is 35.2 Å². The first-order chi connectivity index (χ1) is 17.2. The second kappa shape index (κ2) is 8.08. The molecule has 0 amide bonds. The number of carbonyl (C=O) groups is 1. The molecule has 0 fully saturated rings. The molecule has 10 heteroatoms. The summed E-state index contributed by atoms with van der Waals surface area (Å²) in [7, 11) is 0. The fourth-order valence-corrected chi connectivity index (χ4v) is 6.11. The van der Waals surface area contributed by atoms with Gasteiger partial charge in [0.15, 0.2) is 5.60 Å². The van der Waals surface area contributed by atoms with Gasteiger partial charge in [-0.3, -0.25) is 4.79 Å². The van der Waals surface area contributed by atoms with Crippen LogP contribution in [0.1, 0.15) is 60.5 Å². The van der Waals surface area contributed by atoms with Gasteiger partial charge in [0.2, 0.25) is 0 Å². The Bertz CT molecular complexity index is 1530. The van der Waals surface area contributed by atoms with Crippen LogP contribution in [0.2, 0.25) is 5.02 Å². The highest BCUT2D eigenvalue weighted by Gasteiger charge is 2.46. The van der Waals surface area contributed by atoms with Crippen molar-refractivity contribution < 1.29 is 24.1 Å². The summed E-state index contributed by atoms with van der Waals surface area (Å²) in [4.78, 5) is 30.8. The summed E-state index contributed by atoms with van der Waals surface area (Å²) >= 11 is 6.37. The third kappa shape index (κ3) is 3.13. The molecular formula is C26H25ClFN3O5. The number of aryl methyl sites for hydroxylation is 1. The molecule has 1 aromatic carbocycles. The third-order valence-electron chi connectivity index (χ3n) is 7.70. The molecule has 8 nitrogen and oxygen atoms in total. The summed E-state index contributed by atoms with van der Waals surface area (Å²) < 4.78 is 21.5. The number of nitrogens with zero attached hydrogens (tertiary/aromatic N) is 2. The average Bonchev–Trinajstić information content (AvgIpc) is 3.22. The van der Waals surface area contributed by atoms with E-state index >= 15 is 0 Å². The van der Waals surface area contributed by atoms with Gasteiger partial charge in [0.05, 0.1) is 40.1 Å². The molecular weight excluding hydrogens is 489 g/mol. The van der Waals surface area contributed by atoms with E-state index in [9.17, 15) is 24.2 Å². The SMILES string of the molecule is CC[C@@]1(O)C(=O)OCc2c1cc1n(c2=O)Cc2c-1nc1cc(F)c(Cl)c3c1c2[C@H](NC[C@@H](C)O)CC3. The monoisotopic (exact) mass is 513 g/mol. The van der Waals surface area contributed by atoms with Crippen LogP contribution < -0.4 is 10.9 Å². The summed E-state index contributed by atoms with van der Waals surface area (Å²) in [6.45, 7) is 3.72. The van der Waals surface area contributed by atoms with E-state index in [1.165, 1.54) is 6.07 Å². The average molecular weight is 514 g/mol. The largest absolute Gasteiger partial charge is 0.458 e. The molecule has 0 unspecified atom stereocenters. The zero-order valence-electron chi connectivity index (χ0n) is 19.8. The van der Waals surface area contributed by atoms with Crippen LogP contribution in [0.4, 0.5) is 4.39 Å². The van der Waals surface area contributed by atoms with Gasteiger partial charge in [-0.25, -0.2) is 14.2 Å². The minimum Gasteiger partial charge on any atom is -0.458 e. The second-order valence-electron chi connectivity index (χ2n) is 9.85. The fraction of sp³-hybridized carbons (Fsp3) is 0.423. The molecule has 1 aliphatic carbocycles. The van der Waals surface area contributed by atoms with Crippen molar-refractivity contribution in [1.29, 1.82) is 0 Å². The highest BCUT2D eigenvalue weighted by atomic mass is 35.5. The zero-order valence-corrected chi connectivity index (χ0v) is 20.6. The van der Waals surface area contributed by atoms with E-state index in [1.54, 1.807) is 24.5 Å². The summed E-state index contributed by atoms with van der Waals surface area (Å²) in [5, 5.41) is 25.2. The Morgan fingerprint density at radius 2 is 2.11 bits per heavy atom. The molecule has 0 saturated carbocycles. The molecule has 4 heterocycles. The quantitative estimate of drug-likeness (QED) is 0.360.